The molecule has 4 heteroatoms. The summed E-state index contributed by atoms with van der Waals surface area (Å²) in [5.74, 6) is 2.57. The van der Waals surface area contributed by atoms with Crippen LogP contribution in [0, 0.1) is 12.3 Å². The molecule has 0 aromatic carbocycles. The molecule has 1 aliphatic heterocycles. The largest absolute Gasteiger partial charge is 0.492 e. The van der Waals surface area contributed by atoms with Gasteiger partial charge in [-0.3, -0.25) is 0 Å². The van der Waals surface area contributed by atoms with Crippen molar-refractivity contribution in [3.05, 3.63) is 10.2 Å². The van der Waals surface area contributed by atoms with Gasteiger partial charge in [0.2, 0.25) is 0 Å². The highest BCUT2D eigenvalue weighted by atomic mass is 79.9. The molecule has 0 bridgehead atoms. The molecule has 0 radical (unpaired) electrons. The van der Waals surface area contributed by atoms with Gasteiger partial charge in [-0.2, -0.15) is 0 Å². The summed E-state index contributed by atoms with van der Waals surface area (Å²) in [6.45, 7) is 0.613. The van der Waals surface area contributed by atoms with Crippen LogP contribution in [-0.2, 0) is 14.3 Å². The molecular formula is C8H7BrO3. The fourth-order valence-corrected chi connectivity index (χ4v) is 1.05. The summed E-state index contributed by atoms with van der Waals surface area (Å²) in [4.78, 5) is 10.8. The Labute approximate surface area is 78.9 Å². The zero-order valence-electron chi connectivity index (χ0n) is 6.30. The summed E-state index contributed by atoms with van der Waals surface area (Å²) in [6, 6.07) is 0. The molecule has 12 heavy (non-hydrogen) atoms. The van der Waals surface area contributed by atoms with Crippen LogP contribution in [0.4, 0.5) is 0 Å². The Hall–Kier alpha value is -0.950. The van der Waals surface area contributed by atoms with Gasteiger partial charge in [0, 0.05) is 6.42 Å². The number of halogens is 1. The fourth-order valence-electron chi connectivity index (χ4n) is 0.710. The van der Waals surface area contributed by atoms with E-state index in [9.17, 15) is 4.79 Å². The SMILES string of the molecule is C#CCCOC1=C(Br)C(=O)OC1. The fraction of sp³-hybridized carbons (Fsp3) is 0.375. The predicted molar refractivity (Wildman–Crippen MR) is 46.3 cm³/mol. The third kappa shape index (κ3) is 2.02. The first-order valence-corrected chi connectivity index (χ1v) is 4.17. The quantitative estimate of drug-likeness (QED) is 0.415. The van der Waals surface area contributed by atoms with Crippen LogP contribution in [0.1, 0.15) is 6.42 Å². The maximum absolute atomic E-state index is 10.8. The number of cyclic esters (lactones) is 1. The van der Waals surface area contributed by atoms with Gasteiger partial charge in [-0.15, -0.1) is 12.3 Å². The summed E-state index contributed by atoms with van der Waals surface area (Å²) in [5.41, 5.74) is 0. The molecule has 0 N–H and O–H groups in total. The van der Waals surface area contributed by atoms with Crippen molar-refractivity contribution in [3.63, 3.8) is 0 Å². The number of terminal acetylenes is 1. The van der Waals surface area contributed by atoms with E-state index in [1.54, 1.807) is 0 Å². The summed E-state index contributed by atoms with van der Waals surface area (Å²) in [7, 11) is 0. The Kier molecular flexibility index (Phi) is 3.18. The average Bonchev–Trinajstić information content (AvgIpc) is 2.36. The molecular weight excluding hydrogens is 224 g/mol. The van der Waals surface area contributed by atoms with Gasteiger partial charge < -0.3 is 9.47 Å². The van der Waals surface area contributed by atoms with E-state index < -0.39 is 0 Å². The van der Waals surface area contributed by atoms with Crippen LogP contribution in [0.2, 0.25) is 0 Å². The normalized spacial score (nSPS) is 15.8. The Morgan fingerprint density at radius 1 is 1.75 bits per heavy atom. The van der Waals surface area contributed by atoms with Crippen LogP contribution in [0.25, 0.3) is 0 Å². The summed E-state index contributed by atoms with van der Waals surface area (Å²) in [6.07, 6.45) is 5.55. The van der Waals surface area contributed by atoms with E-state index >= 15 is 0 Å². The molecule has 3 nitrogen and oxygen atoms in total. The first kappa shape index (κ1) is 9.14. The van der Waals surface area contributed by atoms with Gasteiger partial charge in [0.05, 0.1) is 6.61 Å². The monoisotopic (exact) mass is 230 g/mol. The molecule has 0 aliphatic carbocycles. The molecule has 0 atom stereocenters. The lowest BCUT2D eigenvalue weighted by Crippen LogP contribution is -1.96. The number of carbonyl (C=O) groups excluding carboxylic acids is 1. The molecule has 0 spiro atoms. The van der Waals surface area contributed by atoms with Crippen molar-refractivity contribution in [1.29, 1.82) is 0 Å². The smallest absolute Gasteiger partial charge is 0.349 e. The molecule has 0 unspecified atom stereocenters. The van der Waals surface area contributed by atoms with E-state index in [2.05, 4.69) is 26.6 Å². The van der Waals surface area contributed by atoms with Gasteiger partial charge in [0.15, 0.2) is 12.4 Å². The van der Waals surface area contributed by atoms with E-state index in [1.165, 1.54) is 0 Å². The van der Waals surface area contributed by atoms with Gasteiger partial charge in [-0.05, 0) is 15.9 Å². The maximum Gasteiger partial charge on any atom is 0.349 e. The zero-order chi connectivity index (χ0) is 8.97. The second-order valence-corrected chi connectivity index (χ2v) is 2.91. The Balaban J connectivity index is 2.43. The van der Waals surface area contributed by atoms with E-state index in [1.807, 2.05) is 0 Å². The van der Waals surface area contributed by atoms with E-state index in [0.29, 0.717) is 23.3 Å². The molecule has 0 saturated heterocycles. The zero-order valence-corrected chi connectivity index (χ0v) is 7.89. The molecule has 0 fully saturated rings. The number of esters is 1. The molecule has 1 rings (SSSR count). The highest BCUT2D eigenvalue weighted by Gasteiger charge is 2.23. The highest BCUT2D eigenvalue weighted by molar-refractivity contribution is 9.12. The number of ether oxygens (including phenoxy) is 2. The summed E-state index contributed by atoms with van der Waals surface area (Å²) in [5, 5.41) is 0. The molecule has 0 saturated carbocycles. The number of hydrogen-bond acceptors (Lipinski definition) is 3. The van der Waals surface area contributed by atoms with Crippen LogP contribution in [0.15, 0.2) is 10.2 Å². The molecule has 64 valence electrons. The van der Waals surface area contributed by atoms with Crippen molar-refractivity contribution in [1.82, 2.24) is 0 Å². The van der Waals surface area contributed by atoms with Crippen LogP contribution >= 0.6 is 15.9 Å². The predicted octanol–water partition coefficient (Wildman–Crippen LogP) is 1.19. The topological polar surface area (TPSA) is 35.5 Å². The minimum absolute atomic E-state index is 0.198. The highest BCUT2D eigenvalue weighted by Crippen LogP contribution is 2.21. The second-order valence-electron chi connectivity index (χ2n) is 2.12. The molecule has 1 heterocycles. The van der Waals surface area contributed by atoms with Gasteiger partial charge in [0.1, 0.15) is 4.48 Å². The van der Waals surface area contributed by atoms with Gasteiger partial charge in [0.25, 0.3) is 0 Å². The minimum atomic E-state index is -0.384. The van der Waals surface area contributed by atoms with E-state index in [0.717, 1.165) is 0 Å². The lowest BCUT2D eigenvalue weighted by Gasteiger charge is -2.01. The van der Waals surface area contributed by atoms with Crippen molar-refractivity contribution in [2.24, 2.45) is 0 Å². The van der Waals surface area contributed by atoms with E-state index in [-0.39, 0.29) is 12.6 Å². The first-order valence-electron chi connectivity index (χ1n) is 3.37. The third-order valence-electron chi connectivity index (χ3n) is 1.28. The van der Waals surface area contributed by atoms with Crippen molar-refractivity contribution < 1.29 is 14.3 Å². The standard InChI is InChI=1S/C8H7BrO3/c1-2-3-4-11-6-5-12-8(10)7(6)9/h1H,3-5H2. The summed E-state index contributed by atoms with van der Waals surface area (Å²) < 4.78 is 10.2. The van der Waals surface area contributed by atoms with Crippen LogP contribution in [0.3, 0.4) is 0 Å². The average molecular weight is 231 g/mol. The van der Waals surface area contributed by atoms with Gasteiger partial charge in [-0.1, -0.05) is 0 Å². The van der Waals surface area contributed by atoms with Gasteiger partial charge in [-0.25, -0.2) is 4.79 Å². The Morgan fingerprint density at radius 2 is 2.50 bits per heavy atom. The number of rotatable bonds is 3. The van der Waals surface area contributed by atoms with Crippen LogP contribution < -0.4 is 0 Å². The molecule has 0 aromatic rings. The van der Waals surface area contributed by atoms with Gasteiger partial charge >= 0.3 is 5.97 Å². The number of hydrogen-bond donors (Lipinski definition) is 0. The number of carbonyl (C=O) groups is 1. The minimum Gasteiger partial charge on any atom is -0.492 e. The van der Waals surface area contributed by atoms with Crippen molar-refractivity contribution in [3.8, 4) is 12.3 Å². The van der Waals surface area contributed by atoms with Crippen LogP contribution in [-0.4, -0.2) is 19.2 Å². The first-order chi connectivity index (χ1) is 5.75. The Bertz CT molecular complexity index is 262. The molecule has 0 amide bonds. The van der Waals surface area contributed by atoms with Crippen molar-refractivity contribution >= 4 is 21.9 Å². The van der Waals surface area contributed by atoms with Crippen LogP contribution in [0.5, 0.6) is 0 Å². The maximum atomic E-state index is 10.8. The molecule has 1 aliphatic rings. The second kappa shape index (κ2) is 4.17. The molecule has 0 aromatic heterocycles. The van der Waals surface area contributed by atoms with Crippen molar-refractivity contribution in [2.75, 3.05) is 13.2 Å². The third-order valence-corrected chi connectivity index (χ3v) is 2.05. The van der Waals surface area contributed by atoms with Crippen molar-refractivity contribution in [2.45, 2.75) is 6.42 Å². The Morgan fingerprint density at radius 3 is 3.00 bits per heavy atom. The lowest BCUT2D eigenvalue weighted by molar-refractivity contribution is -0.135. The summed E-state index contributed by atoms with van der Waals surface area (Å²) >= 11 is 3.05. The van der Waals surface area contributed by atoms with E-state index in [4.69, 9.17) is 11.2 Å². The lowest BCUT2D eigenvalue weighted by atomic mass is 10.4.